The smallest absolute Gasteiger partial charge is 0.249 e. The van der Waals surface area contributed by atoms with Crippen LogP contribution in [0.1, 0.15) is 36.3 Å². The van der Waals surface area contributed by atoms with Gasteiger partial charge >= 0.3 is 0 Å². The predicted molar refractivity (Wildman–Crippen MR) is 112 cm³/mol. The normalized spacial score (nSPS) is 17.1. The van der Waals surface area contributed by atoms with Gasteiger partial charge in [-0.3, -0.25) is 9.59 Å². The zero-order valence-electron chi connectivity index (χ0n) is 17.7. The Kier molecular flexibility index (Phi) is 6.69. The number of aromatic nitrogens is 1. The molecule has 1 atom stereocenters. The minimum absolute atomic E-state index is 0.00220. The number of anilines is 1. The molecule has 1 saturated heterocycles. The summed E-state index contributed by atoms with van der Waals surface area (Å²) in [5, 5.41) is 3.98. The number of amides is 2. The second-order valence-corrected chi connectivity index (χ2v) is 7.78. The van der Waals surface area contributed by atoms with Crippen LogP contribution in [0, 0.1) is 13.8 Å². The summed E-state index contributed by atoms with van der Waals surface area (Å²) in [6, 6.07) is 9.26. The van der Waals surface area contributed by atoms with E-state index in [1.165, 1.54) is 0 Å². The summed E-state index contributed by atoms with van der Waals surface area (Å²) in [7, 11) is 3.72. The molecular formula is C22H30N4O3. The van der Waals surface area contributed by atoms with Gasteiger partial charge < -0.3 is 19.2 Å². The molecule has 0 aliphatic carbocycles. The van der Waals surface area contributed by atoms with Gasteiger partial charge in [-0.2, -0.15) is 0 Å². The van der Waals surface area contributed by atoms with E-state index in [4.69, 9.17) is 4.52 Å². The predicted octanol–water partition coefficient (Wildman–Crippen LogP) is 2.77. The lowest BCUT2D eigenvalue weighted by atomic mass is 10.0. The van der Waals surface area contributed by atoms with E-state index in [1.54, 1.807) is 16.8 Å². The number of hydrogen-bond acceptors (Lipinski definition) is 5. The maximum absolute atomic E-state index is 13.0. The number of aryl methyl sites for hydroxylation is 2. The van der Waals surface area contributed by atoms with Gasteiger partial charge in [-0.15, -0.1) is 0 Å². The first-order valence-corrected chi connectivity index (χ1v) is 10.1. The molecule has 7 nitrogen and oxygen atoms in total. The lowest BCUT2D eigenvalue weighted by molar-refractivity contribution is -0.139. The number of hydrogen-bond donors (Lipinski definition) is 0. The molecule has 0 spiro atoms. The third-order valence-corrected chi connectivity index (χ3v) is 5.66. The Labute approximate surface area is 172 Å². The van der Waals surface area contributed by atoms with E-state index in [9.17, 15) is 9.59 Å². The molecule has 3 rings (SSSR count). The quantitative estimate of drug-likeness (QED) is 0.717. The molecule has 0 bridgehead atoms. The van der Waals surface area contributed by atoms with Crippen LogP contribution in [-0.4, -0.2) is 60.0 Å². The fraction of sp³-hybridized carbons (Fsp3) is 0.500. The Morgan fingerprint density at radius 3 is 2.62 bits per heavy atom. The Bertz CT molecular complexity index is 829. The molecule has 156 valence electrons. The van der Waals surface area contributed by atoms with Crippen LogP contribution in [0.15, 0.2) is 34.9 Å². The third kappa shape index (κ3) is 4.85. The third-order valence-electron chi connectivity index (χ3n) is 5.66. The molecule has 2 aromatic rings. The molecule has 1 aliphatic rings. The van der Waals surface area contributed by atoms with Crippen LogP contribution in [0.4, 0.5) is 5.69 Å². The van der Waals surface area contributed by atoms with Crippen LogP contribution < -0.4 is 4.90 Å². The highest BCUT2D eigenvalue weighted by molar-refractivity contribution is 5.99. The molecule has 1 aromatic heterocycles. The maximum atomic E-state index is 13.0. The molecule has 7 heteroatoms. The van der Waals surface area contributed by atoms with Crippen LogP contribution in [0.25, 0.3) is 0 Å². The van der Waals surface area contributed by atoms with E-state index in [1.807, 2.05) is 51.2 Å². The molecule has 29 heavy (non-hydrogen) atoms. The highest BCUT2D eigenvalue weighted by Gasteiger charge is 2.34. The second kappa shape index (κ2) is 9.22. The second-order valence-electron chi connectivity index (χ2n) is 7.78. The molecule has 0 N–H and O–H groups in total. The average molecular weight is 399 g/mol. The van der Waals surface area contributed by atoms with Gasteiger partial charge in [0, 0.05) is 44.4 Å². The van der Waals surface area contributed by atoms with Crippen molar-refractivity contribution in [3.8, 4) is 0 Å². The largest absolute Gasteiger partial charge is 0.361 e. The van der Waals surface area contributed by atoms with E-state index in [2.05, 4.69) is 10.1 Å². The summed E-state index contributed by atoms with van der Waals surface area (Å²) in [6.07, 6.45) is 1.96. The van der Waals surface area contributed by atoms with Crippen LogP contribution in [0.2, 0.25) is 0 Å². The van der Waals surface area contributed by atoms with Gasteiger partial charge in [0.1, 0.15) is 11.8 Å². The average Bonchev–Trinajstić information content (AvgIpc) is 3.04. The first kappa shape index (κ1) is 21.0. The number of likely N-dealkylation sites (N-methyl/N-ethyl adjacent to an activating group) is 1. The highest BCUT2D eigenvalue weighted by Crippen LogP contribution is 2.23. The topological polar surface area (TPSA) is 69.9 Å². The standard InChI is InChI=1S/C22H30N4O3/c1-16-19(17(2)29-23-16)15-24(3)14-12-21(27)25(4)20-11-8-13-26(22(20)28)18-9-6-5-7-10-18/h5-7,9-10,20H,8,11-15H2,1-4H3/t20-/m0/s1. The van der Waals surface area contributed by atoms with Crippen molar-refractivity contribution in [2.24, 2.45) is 0 Å². The summed E-state index contributed by atoms with van der Waals surface area (Å²) in [6.45, 7) is 5.81. The molecule has 1 fully saturated rings. The van der Waals surface area contributed by atoms with Crippen molar-refractivity contribution in [2.45, 2.75) is 45.7 Å². The van der Waals surface area contributed by atoms with E-state index in [-0.39, 0.29) is 11.8 Å². The summed E-state index contributed by atoms with van der Waals surface area (Å²) in [5.74, 6) is 0.804. The summed E-state index contributed by atoms with van der Waals surface area (Å²) in [4.78, 5) is 31.3. The van der Waals surface area contributed by atoms with Gasteiger partial charge in [0.2, 0.25) is 11.8 Å². The van der Waals surface area contributed by atoms with Gasteiger partial charge in [-0.25, -0.2) is 0 Å². The fourth-order valence-corrected chi connectivity index (χ4v) is 3.79. The minimum Gasteiger partial charge on any atom is -0.361 e. The lowest BCUT2D eigenvalue weighted by Gasteiger charge is -2.37. The molecule has 0 saturated carbocycles. The number of carbonyl (C=O) groups excluding carboxylic acids is 2. The van der Waals surface area contributed by atoms with Crippen LogP contribution in [-0.2, 0) is 16.1 Å². The fourth-order valence-electron chi connectivity index (χ4n) is 3.79. The van der Waals surface area contributed by atoms with E-state index in [0.29, 0.717) is 32.5 Å². The Hall–Kier alpha value is -2.67. The van der Waals surface area contributed by atoms with Gasteiger partial charge in [0.05, 0.1) is 5.69 Å². The summed E-state index contributed by atoms with van der Waals surface area (Å²) in [5.41, 5.74) is 2.84. The number of para-hydroxylation sites is 1. The van der Waals surface area contributed by atoms with Gasteiger partial charge in [0.25, 0.3) is 0 Å². The van der Waals surface area contributed by atoms with Gasteiger partial charge in [0.15, 0.2) is 0 Å². The lowest BCUT2D eigenvalue weighted by Crippen LogP contribution is -2.53. The van der Waals surface area contributed by atoms with E-state index < -0.39 is 6.04 Å². The van der Waals surface area contributed by atoms with Crippen molar-refractivity contribution >= 4 is 17.5 Å². The maximum Gasteiger partial charge on any atom is 0.249 e. The van der Waals surface area contributed by atoms with Crippen molar-refractivity contribution in [3.63, 3.8) is 0 Å². The van der Waals surface area contributed by atoms with Gasteiger partial charge in [-0.1, -0.05) is 23.4 Å². The first-order valence-electron chi connectivity index (χ1n) is 10.1. The SMILES string of the molecule is Cc1noc(C)c1CN(C)CCC(=O)N(C)[C@H]1CCCN(c2ccccc2)C1=O. The Balaban J connectivity index is 1.56. The van der Waals surface area contributed by atoms with Crippen molar-refractivity contribution < 1.29 is 14.1 Å². The van der Waals surface area contributed by atoms with Crippen LogP contribution in [0.3, 0.4) is 0 Å². The highest BCUT2D eigenvalue weighted by atomic mass is 16.5. The molecule has 0 radical (unpaired) electrons. The molecule has 2 amide bonds. The molecule has 1 aromatic carbocycles. The molecular weight excluding hydrogens is 368 g/mol. The van der Waals surface area contributed by atoms with Crippen molar-refractivity contribution in [3.05, 3.63) is 47.3 Å². The molecule has 1 aliphatic heterocycles. The minimum atomic E-state index is -0.399. The summed E-state index contributed by atoms with van der Waals surface area (Å²) >= 11 is 0. The number of carbonyl (C=O) groups is 2. The number of rotatable bonds is 7. The van der Waals surface area contributed by atoms with Crippen LogP contribution >= 0.6 is 0 Å². The zero-order valence-corrected chi connectivity index (χ0v) is 17.7. The van der Waals surface area contributed by atoms with E-state index in [0.717, 1.165) is 29.1 Å². The number of nitrogens with zero attached hydrogens (tertiary/aromatic N) is 4. The molecule has 0 unspecified atom stereocenters. The number of piperidine rings is 1. The molecule has 2 heterocycles. The van der Waals surface area contributed by atoms with Crippen LogP contribution in [0.5, 0.6) is 0 Å². The summed E-state index contributed by atoms with van der Waals surface area (Å²) < 4.78 is 5.20. The zero-order chi connectivity index (χ0) is 21.0. The van der Waals surface area contributed by atoms with Gasteiger partial charge in [-0.05, 0) is 45.9 Å². The first-order chi connectivity index (χ1) is 13.9. The Morgan fingerprint density at radius 2 is 1.97 bits per heavy atom. The van der Waals surface area contributed by atoms with Crippen molar-refractivity contribution in [1.82, 2.24) is 15.0 Å². The monoisotopic (exact) mass is 398 g/mol. The van der Waals surface area contributed by atoms with E-state index >= 15 is 0 Å². The van der Waals surface area contributed by atoms with Crippen molar-refractivity contribution in [2.75, 3.05) is 32.1 Å². The number of benzene rings is 1. The Morgan fingerprint density at radius 1 is 1.24 bits per heavy atom. The van der Waals surface area contributed by atoms with Crippen molar-refractivity contribution in [1.29, 1.82) is 0 Å².